The van der Waals surface area contributed by atoms with Gasteiger partial charge in [-0.25, -0.2) is 4.79 Å². The molecule has 6 heteroatoms. The molecule has 1 aromatic heterocycles. The zero-order valence-corrected chi connectivity index (χ0v) is 10.8. The van der Waals surface area contributed by atoms with Gasteiger partial charge < -0.3 is 20.2 Å². The Morgan fingerprint density at radius 1 is 1.53 bits per heavy atom. The van der Waals surface area contributed by atoms with Crippen LogP contribution in [0.1, 0.15) is 19.8 Å². The number of H-pyrrole nitrogens is 1. The molecule has 0 amide bonds. The molecule has 2 aromatic rings. The molecule has 102 valence electrons. The lowest BCUT2D eigenvalue weighted by Crippen LogP contribution is -2.46. The number of anilines is 2. The van der Waals surface area contributed by atoms with Gasteiger partial charge in [-0.3, -0.25) is 4.98 Å². The number of aliphatic hydroxyl groups is 1. The highest BCUT2D eigenvalue weighted by Crippen LogP contribution is 2.32. The Morgan fingerprint density at radius 3 is 3.05 bits per heavy atom. The quantitative estimate of drug-likeness (QED) is 0.668. The number of rotatable bonds is 1. The van der Waals surface area contributed by atoms with Crippen LogP contribution in [0, 0.1) is 0 Å². The van der Waals surface area contributed by atoms with Crippen LogP contribution in [0.25, 0.3) is 11.1 Å². The van der Waals surface area contributed by atoms with E-state index in [9.17, 15) is 9.90 Å². The van der Waals surface area contributed by atoms with E-state index >= 15 is 0 Å². The second-order valence-corrected chi connectivity index (χ2v) is 5.44. The summed E-state index contributed by atoms with van der Waals surface area (Å²) in [5.41, 5.74) is 7.76. The Balaban J connectivity index is 2.04. The van der Waals surface area contributed by atoms with E-state index in [1.807, 2.05) is 11.8 Å². The van der Waals surface area contributed by atoms with Crippen LogP contribution in [0.4, 0.5) is 11.4 Å². The minimum Gasteiger partial charge on any atom is -0.408 e. The molecule has 2 heterocycles. The summed E-state index contributed by atoms with van der Waals surface area (Å²) < 4.78 is 4.97. The van der Waals surface area contributed by atoms with Crippen LogP contribution < -0.4 is 16.4 Å². The fraction of sp³-hybridized carbons (Fsp3) is 0.462. The standard InChI is InChI=1S/C13H17N3O3/c1-13(18)3-2-4-16(7-13)10-6-9-11(5-8(10)14)19-12(17)15-9/h5-6,18H,2-4,7,14H2,1H3,(H,15,17). The van der Waals surface area contributed by atoms with Crippen LogP contribution in [0.15, 0.2) is 21.3 Å². The van der Waals surface area contributed by atoms with Gasteiger partial charge in [-0.2, -0.15) is 0 Å². The Labute approximate surface area is 109 Å². The maximum absolute atomic E-state index is 11.2. The minimum absolute atomic E-state index is 0.454. The smallest absolute Gasteiger partial charge is 0.408 e. The highest BCUT2D eigenvalue weighted by Gasteiger charge is 2.29. The van der Waals surface area contributed by atoms with Crippen molar-refractivity contribution in [3.8, 4) is 0 Å². The molecule has 1 aliphatic rings. The third-order valence-electron chi connectivity index (χ3n) is 3.58. The summed E-state index contributed by atoms with van der Waals surface area (Å²) in [7, 11) is 0. The van der Waals surface area contributed by atoms with E-state index in [2.05, 4.69) is 4.98 Å². The maximum atomic E-state index is 11.2. The van der Waals surface area contributed by atoms with Crippen molar-refractivity contribution in [2.75, 3.05) is 23.7 Å². The molecule has 1 atom stereocenters. The average molecular weight is 263 g/mol. The summed E-state index contributed by atoms with van der Waals surface area (Å²) in [6.07, 6.45) is 1.70. The van der Waals surface area contributed by atoms with Gasteiger partial charge in [0.15, 0.2) is 5.58 Å². The molecular formula is C13H17N3O3. The van der Waals surface area contributed by atoms with Crippen molar-refractivity contribution in [1.29, 1.82) is 0 Å². The van der Waals surface area contributed by atoms with Crippen LogP contribution in [0.2, 0.25) is 0 Å². The molecule has 0 radical (unpaired) electrons. The molecule has 0 spiro atoms. The lowest BCUT2D eigenvalue weighted by molar-refractivity contribution is 0.0450. The summed E-state index contributed by atoms with van der Waals surface area (Å²) in [5.74, 6) is -0.489. The number of fused-ring (bicyclic) bond motifs is 1. The van der Waals surface area contributed by atoms with Crippen LogP contribution >= 0.6 is 0 Å². The Morgan fingerprint density at radius 2 is 2.32 bits per heavy atom. The summed E-state index contributed by atoms with van der Waals surface area (Å²) >= 11 is 0. The Hall–Kier alpha value is -1.95. The second-order valence-electron chi connectivity index (χ2n) is 5.44. The number of nitrogens with one attached hydrogen (secondary N) is 1. The Kier molecular flexibility index (Phi) is 2.56. The molecule has 4 N–H and O–H groups in total. The van der Waals surface area contributed by atoms with E-state index in [1.54, 1.807) is 12.1 Å². The normalized spacial score (nSPS) is 24.0. The van der Waals surface area contributed by atoms with Gasteiger partial charge in [0.2, 0.25) is 0 Å². The average Bonchev–Trinajstić information content (AvgIpc) is 2.65. The number of benzene rings is 1. The number of nitrogen functional groups attached to an aromatic ring is 1. The lowest BCUT2D eigenvalue weighted by atomic mass is 9.94. The van der Waals surface area contributed by atoms with Crippen molar-refractivity contribution in [3.05, 3.63) is 22.7 Å². The van der Waals surface area contributed by atoms with Gasteiger partial charge in [0.25, 0.3) is 0 Å². The largest absolute Gasteiger partial charge is 0.417 e. The number of β-amino-alcohol motifs (C(OH)–C–C–N with tert-alkyl or cyclic N) is 1. The molecule has 1 saturated heterocycles. The SMILES string of the molecule is CC1(O)CCCN(c2cc3[nH]c(=O)oc3cc2N)C1. The van der Waals surface area contributed by atoms with Crippen LogP contribution in [0.5, 0.6) is 0 Å². The highest BCUT2D eigenvalue weighted by atomic mass is 16.4. The van der Waals surface area contributed by atoms with Crippen molar-refractivity contribution in [2.24, 2.45) is 0 Å². The molecule has 0 saturated carbocycles. The van der Waals surface area contributed by atoms with Crippen molar-refractivity contribution in [1.82, 2.24) is 4.98 Å². The number of piperidine rings is 1. The van der Waals surface area contributed by atoms with E-state index < -0.39 is 11.4 Å². The first kappa shape index (κ1) is 12.1. The topological polar surface area (TPSA) is 95.5 Å². The number of oxazole rings is 1. The summed E-state index contributed by atoms with van der Waals surface area (Å²) in [4.78, 5) is 15.8. The van der Waals surface area contributed by atoms with Crippen LogP contribution in [-0.4, -0.2) is 28.8 Å². The third-order valence-corrected chi connectivity index (χ3v) is 3.58. The van der Waals surface area contributed by atoms with Crippen LogP contribution in [-0.2, 0) is 0 Å². The summed E-state index contributed by atoms with van der Waals surface area (Å²) in [6.45, 7) is 3.20. The van der Waals surface area contributed by atoms with E-state index in [4.69, 9.17) is 10.2 Å². The lowest BCUT2D eigenvalue weighted by Gasteiger charge is -2.38. The van der Waals surface area contributed by atoms with Gasteiger partial charge in [-0.05, 0) is 25.8 Å². The fourth-order valence-corrected chi connectivity index (χ4v) is 2.70. The van der Waals surface area contributed by atoms with Crippen molar-refractivity contribution in [2.45, 2.75) is 25.4 Å². The highest BCUT2D eigenvalue weighted by molar-refractivity contribution is 5.85. The number of nitrogens with zero attached hydrogens (tertiary/aromatic N) is 1. The number of aromatic amines is 1. The van der Waals surface area contributed by atoms with Gasteiger partial charge in [0.1, 0.15) is 0 Å². The van der Waals surface area contributed by atoms with E-state index in [-0.39, 0.29) is 0 Å². The first-order chi connectivity index (χ1) is 8.94. The molecule has 1 unspecified atom stereocenters. The van der Waals surface area contributed by atoms with Gasteiger partial charge in [0, 0.05) is 19.2 Å². The van der Waals surface area contributed by atoms with Crippen molar-refractivity contribution < 1.29 is 9.52 Å². The van der Waals surface area contributed by atoms with Gasteiger partial charge >= 0.3 is 5.76 Å². The summed E-state index contributed by atoms with van der Waals surface area (Å²) in [5, 5.41) is 10.2. The Bertz CT molecular complexity index is 671. The molecule has 6 nitrogen and oxygen atoms in total. The molecule has 0 aliphatic carbocycles. The number of aromatic nitrogens is 1. The predicted octanol–water partition coefficient (Wildman–Crippen LogP) is 1.05. The van der Waals surface area contributed by atoms with Gasteiger partial charge in [-0.1, -0.05) is 0 Å². The van der Waals surface area contributed by atoms with Crippen molar-refractivity contribution >= 4 is 22.5 Å². The van der Waals surface area contributed by atoms with E-state index in [1.165, 1.54) is 0 Å². The van der Waals surface area contributed by atoms with E-state index in [0.29, 0.717) is 23.3 Å². The maximum Gasteiger partial charge on any atom is 0.417 e. The van der Waals surface area contributed by atoms with Crippen LogP contribution in [0.3, 0.4) is 0 Å². The monoisotopic (exact) mass is 263 g/mol. The molecule has 0 bridgehead atoms. The van der Waals surface area contributed by atoms with Gasteiger partial charge in [-0.15, -0.1) is 0 Å². The molecular weight excluding hydrogens is 246 g/mol. The minimum atomic E-state index is -0.705. The number of hydrogen-bond donors (Lipinski definition) is 3. The van der Waals surface area contributed by atoms with Crippen molar-refractivity contribution in [3.63, 3.8) is 0 Å². The molecule has 19 heavy (non-hydrogen) atoms. The van der Waals surface area contributed by atoms with E-state index in [0.717, 1.165) is 25.1 Å². The fourth-order valence-electron chi connectivity index (χ4n) is 2.70. The first-order valence-corrected chi connectivity index (χ1v) is 6.34. The molecule has 3 rings (SSSR count). The number of hydrogen-bond acceptors (Lipinski definition) is 5. The predicted molar refractivity (Wildman–Crippen MR) is 73.3 cm³/mol. The third kappa shape index (κ3) is 2.19. The summed E-state index contributed by atoms with van der Waals surface area (Å²) in [6, 6.07) is 3.45. The second kappa shape index (κ2) is 4.03. The molecule has 1 aliphatic heterocycles. The molecule has 1 fully saturated rings. The van der Waals surface area contributed by atoms with Gasteiger partial charge in [0.05, 0.1) is 22.5 Å². The molecule has 1 aromatic carbocycles. The zero-order chi connectivity index (χ0) is 13.6. The first-order valence-electron chi connectivity index (χ1n) is 6.34. The zero-order valence-electron chi connectivity index (χ0n) is 10.8. The number of nitrogens with two attached hydrogens (primary N) is 1.